The van der Waals surface area contributed by atoms with E-state index in [9.17, 15) is 4.79 Å². The number of benzene rings is 2. The normalized spacial score (nSPS) is 19.2. The minimum absolute atomic E-state index is 0. The lowest BCUT2D eigenvalue weighted by Gasteiger charge is -2.42. The molecule has 4 rings (SSSR count). The monoisotopic (exact) mass is 538 g/mol. The van der Waals surface area contributed by atoms with Gasteiger partial charge in [0.15, 0.2) is 0 Å². The van der Waals surface area contributed by atoms with Crippen LogP contribution in [0.5, 0.6) is 0 Å². The molecule has 0 spiro atoms. The lowest BCUT2D eigenvalue weighted by molar-refractivity contribution is -0.123. The van der Waals surface area contributed by atoms with Crippen LogP contribution in [0.3, 0.4) is 0 Å². The molecular weight excluding hydrogens is 503 g/mol. The van der Waals surface area contributed by atoms with Gasteiger partial charge in [-0.05, 0) is 68.1 Å². The van der Waals surface area contributed by atoms with Gasteiger partial charge in [-0.25, -0.2) is 0 Å². The number of piperazine rings is 1. The number of hydrogen-bond acceptors (Lipinski definition) is 4. The Kier molecular flexibility index (Phi) is 10.7. The standard InChI is InChI=1S/C27H36Cl2N4O.ClH/c1-31-13-15-33(16-14-31)20-26(34)30-21-27(18-23-7-8-24(28)25(29)17-23)9-11-32(12-10-27)19-22-5-3-2-4-6-22;/h2-8,17H,9-16,18-21H2,1H3,(H,30,34);1H. The molecule has 0 aliphatic carbocycles. The quantitative estimate of drug-likeness (QED) is 0.532. The zero-order valence-corrected chi connectivity index (χ0v) is 22.8. The molecule has 2 heterocycles. The van der Waals surface area contributed by atoms with Crippen LogP contribution in [0.1, 0.15) is 24.0 Å². The first-order chi connectivity index (χ1) is 16.4. The number of rotatable bonds is 8. The van der Waals surface area contributed by atoms with Gasteiger partial charge in [0.1, 0.15) is 0 Å². The summed E-state index contributed by atoms with van der Waals surface area (Å²) in [7, 11) is 2.13. The van der Waals surface area contributed by atoms with Crippen molar-refractivity contribution in [3.63, 3.8) is 0 Å². The Morgan fingerprint density at radius 1 is 0.886 bits per heavy atom. The smallest absolute Gasteiger partial charge is 0.234 e. The maximum Gasteiger partial charge on any atom is 0.234 e. The van der Waals surface area contributed by atoms with Crippen molar-refractivity contribution in [3.8, 4) is 0 Å². The predicted octanol–water partition coefficient (Wildman–Crippen LogP) is 4.60. The Morgan fingerprint density at radius 2 is 1.57 bits per heavy atom. The Hall–Kier alpha value is -1.34. The van der Waals surface area contributed by atoms with Gasteiger partial charge in [-0.1, -0.05) is 59.6 Å². The summed E-state index contributed by atoms with van der Waals surface area (Å²) in [6.45, 7) is 8.13. The highest BCUT2D eigenvalue weighted by Crippen LogP contribution is 2.36. The van der Waals surface area contributed by atoms with Gasteiger partial charge in [0, 0.05) is 39.3 Å². The van der Waals surface area contributed by atoms with Crippen molar-refractivity contribution in [2.75, 3.05) is 59.4 Å². The molecular formula is C27H37Cl3N4O. The van der Waals surface area contributed by atoms with Crippen LogP contribution in [-0.4, -0.2) is 80.0 Å². The second-order valence-corrected chi connectivity index (χ2v) is 10.9. The molecule has 1 N–H and O–H groups in total. The second-order valence-electron chi connectivity index (χ2n) is 10.0. The van der Waals surface area contributed by atoms with E-state index in [4.69, 9.17) is 23.2 Å². The molecule has 2 fully saturated rings. The molecule has 2 aliphatic rings. The zero-order valence-electron chi connectivity index (χ0n) is 20.5. The van der Waals surface area contributed by atoms with Crippen molar-refractivity contribution in [1.29, 1.82) is 0 Å². The molecule has 2 aliphatic heterocycles. The summed E-state index contributed by atoms with van der Waals surface area (Å²) in [5, 5.41) is 4.46. The van der Waals surface area contributed by atoms with Crippen molar-refractivity contribution in [2.45, 2.75) is 25.8 Å². The molecule has 8 heteroatoms. The van der Waals surface area contributed by atoms with Crippen LogP contribution in [0.2, 0.25) is 10.0 Å². The van der Waals surface area contributed by atoms with E-state index in [-0.39, 0.29) is 23.7 Å². The lowest BCUT2D eigenvalue weighted by atomic mass is 9.73. The van der Waals surface area contributed by atoms with Crippen LogP contribution >= 0.6 is 35.6 Å². The van der Waals surface area contributed by atoms with Crippen LogP contribution in [0, 0.1) is 5.41 Å². The molecule has 0 bridgehead atoms. The fourth-order valence-corrected chi connectivity index (χ4v) is 5.40. The van der Waals surface area contributed by atoms with E-state index in [1.807, 2.05) is 12.1 Å². The van der Waals surface area contributed by atoms with E-state index in [1.165, 1.54) is 11.1 Å². The van der Waals surface area contributed by atoms with Crippen LogP contribution in [-0.2, 0) is 17.8 Å². The van der Waals surface area contributed by atoms with Crippen LogP contribution < -0.4 is 5.32 Å². The number of likely N-dealkylation sites (N-methyl/N-ethyl adjacent to an activating group) is 1. The molecule has 0 unspecified atom stereocenters. The largest absolute Gasteiger partial charge is 0.354 e. The van der Waals surface area contributed by atoms with Crippen molar-refractivity contribution in [3.05, 3.63) is 69.7 Å². The van der Waals surface area contributed by atoms with Crippen molar-refractivity contribution >= 4 is 41.5 Å². The molecule has 2 aromatic rings. The van der Waals surface area contributed by atoms with Gasteiger partial charge >= 0.3 is 0 Å². The van der Waals surface area contributed by atoms with E-state index >= 15 is 0 Å². The Morgan fingerprint density at radius 3 is 2.23 bits per heavy atom. The van der Waals surface area contributed by atoms with E-state index < -0.39 is 0 Å². The molecule has 0 saturated carbocycles. The summed E-state index contributed by atoms with van der Waals surface area (Å²) in [5.41, 5.74) is 2.54. The Labute approximate surface area is 226 Å². The molecule has 0 radical (unpaired) electrons. The molecule has 2 saturated heterocycles. The van der Waals surface area contributed by atoms with Crippen molar-refractivity contribution < 1.29 is 4.79 Å². The molecule has 5 nitrogen and oxygen atoms in total. The Balaban J connectivity index is 0.00000342. The van der Waals surface area contributed by atoms with Crippen molar-refractivity contribution in [1.82, 2.24) is 20.0 Å². The molecule has 2 aromatic carbocycles. The highest BCUT2D eigenvalue weighted by molar-refractivity contribution is 6.42. The lowest BCUT2D eigenvalue weighted by Crippen LogP contribution is -2.51. The number of nitrogens with zero attached hydrogens (tertiary/aromatic N) is 3. The predicted molar refractivity (Wildman–Crippen MR) is 148 cm³/mol. The number of halogens is 3. The summed E-state index contributed by atoms with van der Waals surface area (Å²) in [4.78, 5) is 19.9. The number of likely N-dealkylation sites (tertiary alicyclic amines) is 1. The average Bonchev–Trinajstić information content (AvgIpc) is 2.84. The summed E-state index contributed by atoms with van der Waals surface area (Å²) in [5.74, 6) is 0.129. The van der Waals surface area contributed by atoms with Crippen LogP contribution in [0.25, 0.3) is 0 Å². The summed E-state index contributed by atoms with van der Waals surface area (Å²) >= 11 is 12.5. The molecule has 1 amide bonds. The summed E-state index contributed by atoms with van der Waals surface area (Å²) in [6.07, 6.45) is 2.96. The summed E-state index contributed by atoms with van der Waals surface area (Å²) < 4.78 is 0. The van der Waals surface area contributed by atoms with Gasteiger partial charge in [0.05, 0.1) is 16.6 Å². The molecule has 0 atom stereocenters. The highest BCUT2D eigenvalue weighted by atomic mass is 35.5. The minimum Gasteiger partial charge on any atom is -0.354 e. The Bertz CT molecular complexity index is 943. The molecule has 0 aromatic heterocycles. The number of nitrogens with one attached hydrogen (secondary N) is 1. The highest BCUT2D eigenvalue weighted by Gasteiger charge is 2.35. The van der Waals surface area contributed by atoms with Gasteiger partial charge < -0.3 is 10.2 Å². The number of hydrogen-bond donors (Lipinski definition) is 1. The van der Waals surface area contributed by atoms with E-state index in [0.717, 1.165) is 65.1 Å². The van der Waals surface area contributed by atoms with E-state index in [1.54, 1.807) is 0 Å². The first-order valence-corrected chi connectivity index (χ1v) is 13.0. The fraction of sp³-hybridized carbons (Fsp3) is 0.519. The molecule has 35 heavy (non-hydrogen) atoms. The SMILES string of the molecule is CN1CCN(CC(=O)NCC2(Cc3ccc(Cl)c(Cl)c3)CCN(Cc3ccccc3)CC2)CC1.Cl. The first kappa shape index (κ1) is 28.2. The van der Waals surface area contributed by atoms with Gasteiger partial charge in [-0.15, -0.1) is 12.4 Å². The topological polar surface area (TPSA) is 38.8 Å². The van der Waals surface area contributed by atoms with Gasteiger partial charge in [0.2, 0.25) is 5.91 Å². The zero-order chi connectivity index (χ0) is 24.0. The minimum atomic E-state index is 0. The average molecular weight is 540 g/mol. The molecule has 192 valence electrons. The van der Waals surface area contributed by atoms with Gasteiger partial charge in [-0.3, -0.25) is 14.6 Å². The number of carbonyl (C=O) groups excluding carboxylic acids is 1. The van der Waals surface area contributed by atoms with Gasteiger partial charge in [0.25, 0.3) is 0 Å². The number of carbonyl (C=O) groups is 1. The van der Waals surface area contributed by atoms with E-state index in [0.29, 0.717) is 23.1 Å². The fourth-order valence-electron chi connectivity index (χ4n) is 5.08. The van der Waals surface area contributed by atoms with Crippen LogP contribution in [0.4, 0.5) is 0 Å². The number of amides is 1. The third-order valence-corrected chi connectivity index (χ3v) is 8.09. The second kappa shape index (κ2) is 13.3. The van der Waals surface area contributed by atoms with Crippen LogP contribution in [0.15, 0.2) is 48.5 Å². The number of piperidine rings is 1. The first-order valence-electron chi connectivity index (χ1n) is 12.3. The van der Waals surface area contributed by atoms with E-state index in [2.05, 4.69) is 63.5 Å². The maximum atomic E-state index is 12.8. The summed E-state index contributed by atoms with van der Waals surface area (Å²) in [6, 6.07) is 16.6. The maximum absolute atomic E-state index is 12.8. The van der Waals surface area contributed by atoms with Crippen molar-refractivity contribution in [2.24, 2.45) is 5.41 Å². The third-order valence-electron chi connectivity index (χ3n) is 7.35. The third kappa shape index (κ3) is 8.34. The van der Waals surface area contributed by atoms with Gasteiger partial charge in [-0.2, -0.15) is 0 Å².